The van der Waals surface area contributed by atoms with Gasteiger partial charge in [-0.2, -0.15) is 0 Å². The topological polar surface area (TPSA) is 73.9 Å². The molecule has 3 amide bonds. The van der Waals surface area contributed by atoms with Gasteiger partial charge in [-0.15, -0.1) is 0 Å². The summed E-state index contributed by atoms with van der Waals surface area (Å²) < 4.78 is 5.25. The molecule has 0 radical (unpaired) electrons. The van der Waals surface area contributed by atoms with Gasteiger partial charge in [-0.25, -0.2) is 4.79 Å². The molecule has 0 saturated carbocycles. The van der Waals surface area contributed by atoms with Crippen molar-refractivity contribution >= 4 is 11.9 Å². The summed E-state index contributed by atoms with van der Waals surface area (Å²) in [6.07, 6.45) is 0.539. The quantitative estimate of drug-likeness (QED) is 0.676. The van der Waals surface area contributed by atoms with Gasteiger partial charge in [0.2, 0.25) is 5.91 Å². The maximum atomic E-state index is 13.4. The largest absolute Gasteiger partial charge is 0.497 e. The standard InChI is InChI=1S/C26H36N4O3/c1-26(2,3)20-11-9-19(10-12-20)23-29(5)22(17-28-25(32)27-4)24(31)30(23)16-15-18-7-13-21(33-6)14-8-18/h7-14,22-23H,15-17H2,1-6H3,(H2,27,28,32)/t22-,23+/m0/s1. The van der Waals surface area contributed by atoms with E-state index in [1.54, 1.807) is 14.2 Å². The third-order valence-corrected chi connectivity index (χ3v) is 6.30. The first-order chi connectivity index (χ1) is 15.7. The Morgan fingerprint density at radius 3 is 2.24 bits per heavy atom. The van der Waals surface area contributed by atoms with Gasteiger partial charge >= 0.3 is 6.03 Å². The summed E-state index contributed by atoms with van der Waals surface area (Å²) in [5.41, 5.74) is 3.51. The minimum atomic E-state index is -0.425. The van der Waals surface area contributed by atoms with Gasteiger partial charge in [0.15, 0.2) is 0 Å². The van der Waals surface area contributed by atoms with E-state index in [0.29, 0.717) is 6.54 Å². The Kier molecular flexibility index (Phi) is 7.64. The summed E-state index contributed by atoms with van der Waals surface area (Å²) in [6, 6.07) is 15.7. The number of amides is 3. The molecule has 1 fully saturated rings. The number of likely N-dealkylation sites (N-methyl/N-ethyl adjacent to an activating group) is 1. The highest BCUT2D eigenvalue weighted by molar-refractivity contribution is 5.85. The van der Waals surface area contributed by atoms with Crippen LogP contribution in [0.1, 0.15) is 43.6 Å². The van der Waals surface area contributed by atoms with Crippen molar-refractivity contribution in [2.75, 3.05) is 34.3 Å². The molecule has 178 valence electrons. The zero-order valence-electron chi connectivity index (χ0n) is 20.5. The number of nitrogens with one attached hydrogen (secondary N) is 2. The van der Waals surface area contributed by atoms with Crippen LogP contribution in [0.4, 0.5) is 4.79 Å². The monoisotopic (exact) mass is 452 g/mol. The van der Waals surface area contributed by atoms with E-state index in [4.69, 9.17) is 4.74 Å². The molecule has 0 aromatic heterocycles. The smallest absolute Gasteiger partial charge is 0.314 e. The van der Waals surface area contributed by atoms with Gasteiger partial charge in [0.05, 0.1) is 7.11 Å². The van der Waals surface area contributed by atoms with Crippen LogP contribution in [-0.4, -0.2) is 62.1 Å². The van der Waals surface area contributed by atoms with E-state index < -0.39 is 6.04 Å². The molecule has 7 heteroatoms. The molecule has 2 aromatic carbocycles. The zero-order valence-corrected chi connectivity index (χ0v) is 20.5. The molecule has 3 rings (SSSR count). The van der Waals surface area contributed by atoms with Crippen molar-refractivity contribution < 1.29 is 14.3 Å². The van der Waals surface area contributed by atoms with Gasteiger partial charge in [0.1, 0.15) is 18.0 Å². The second kappa shape index (κ2) is 10.3. The molecule has 0 unspecified atom stereocenters. The predicted octanol–water partition coefficient (Wildman–Crippen LogP) is 3.31. The summed E-state index contributed by atoms with van der Waals surface area (Å²) in [4.78, 5) is 29.2. The maximum Gasteiger partial charge on any atom is 0.314 e. The average Bonchev–Trinajstić information content (AvgIpc) is 3.04. The minimum Gasteiger partial charge on any atom is -0.497 e. The summed E-state index contributed by atoms with van der Waals surface area (Å²) in [7, 11) is 5.16. The van der Waals surface area contributed by atoms with Crippen LogP contribution in [0, 0.1) is 0 Å². The molecule has 1 aliphatic rings. The van der Waals surface area contributed by atoms with Crippen LogP contribution in [0.5, 0.6) is 5.75 Å². The summed E-state index contributed by atoms with van der Waals surface area (Å²) in [5.74, 6) is 0.834. The van der Waals surface area contributed by atoms with E-state index in [0.717, 1.165) is 23.3 Å². The van der Waals surface area contributed by atoms with Crippen molar-refractivity contribution in [2.45, 2.75) is 44.8 Å². The summed E-state index contributed by atoms with van der Waals surface area (Å²) in [5, 5.41) is 5.34. The lowest BCUT2D eigenvalue weighted by Crippen LogP contribution is -2.45. The van der Waals surface area contributed by atoms with E-state index in [2.05, 4.69) is 60.6 Å². The van der Waals surface area contributed by atoms with E-state index in [9.17, 15) is 9.59 Å². The van der Waals surface area contributed by atoms with Gasteiger partial charge in [0.25, 0.3) is 0 Å². The Labute approximate surface area is 197 Å². The molecular weight excluding hydrogens is 416 g/mol. The predicted molar refractivity (Wildman–Crippen MR) is 130 cm³/mol. The van der Waals surface area contributed by atoms with Crippen molar-refractivity contribution in [2.24, 2.45) is 0 Å². The van der Waals surface area contributed by atoms with Crippen LogP contribution < -0.4 is 15.4 Å². The molecule has 2 N–H and O–H groups in total. The molecule has 0 bridgehead atoms. The van der Waals surface area contributed by atoms with Crippen LogP contribution in [0.2, 0.25) is 0 Å². The molecule has 0 spiro atoms. The molecule has 1 aliphatic heterocycles. The lowest BCUT2D eigenvalue weighted by atomic mass is 9.86. The van der Waals surface area contributed by atoms with Crippen LogP contribution in [0.3, 0.4) is 0 Å². The van der Waals surface area contributed by atoms with E-state index >= 15 is 0 Å². The number of carbonyl (C=O) groups is 2. The molecule has 2 atom stereocenters. The number of urea groups is 1. The fourth-order valence-electron chi connectivity index (χ4n) is 4.23. The minimum absolute atomic E-state index is 0.0207. The number of methoxy groups -OCH3 is 1. The molecule has 2 aromatic rings. The molecule has 7 nitrogen and oxygen atoms in total. The lowest BCUT2D eigenvalue weighted by molar-refractivity contribution is -0.130. The molecule has 1 saturated heterocycles. The number of benzene rings is 2. The first kappa shape index (κ1) is 24.6. The first-order valence-corrected chi connectivity index (χ1v) is 11.4. The fourth-order valence-corrected chi connectivity index (χ4v) is 4.23. The Morgan fingerprint density at radius 2 is 1.70 bits per heavy atom. The number of carbonyl (C=O) groups excluding carboxylic acids is 2. The number of ether oxygens (including phenoxy) is 1. The fraction of sp³-hybridized carbons (Fsp3) is 0.462. The number of rotatable bonds is 7. The van der Waals surface area contributed by atoms with Gasteiger partial charge in [-0.1, -0.05) is 57.2 Å². The van der Waals surface area contributed by atoms with Crippen molar-refractivity contribution in [1.82, 2.24) is 20.4 Å². The second-order valence-corrected chi connectivity index (χ2v) is 9.52. The molecule has 33 heavy (non-hydrogen) atoms. The SMILES string of the molecule is CNC(=O)NC[C@H]1C(=O)N(CCc2ccc(OC)cc2)[C@H](c2ccc(C(C)(C)C)cc2)N1C. The van der Waals surface area contributed by atoms with Gasteiger partial charge in [-0.05, 0) is 47.7 Å². The zero-order chi connectivity index (χ0) is 24.2. The number of hydrogen-bond donors (Lipinski definition) is 2. The summed E-state index contributed by atoms with van der Waals surface area (Å²) in [6.45, 7) is 7.40. The highest BCUT2D eigenvalue weighted by atomic mass is 16.5. The van der Waals surface area contributed by atoms with Crippen LogP contribution >= 0.6 is 0 Å². The van der Waals surface area contributed by atoms with E-state index in [1.165, 1.54) is 5.56 Å². The van der Waals surface area contributed by atoms with Gasteiger partial charge in [0, 0.05) is 20.1 Å². The Balaban J connectivity index is 1.84. The molecular formula is C26H36N4O3. The van der Waals surface area contributed by atoms with Crippen LogP contribution in [0.15, 0.2) is 48.5 Å². The van der Waals surface area contributed by atoms with Gasteiger partial charge < -0.3 is 20.3 Å². The van der Waals surface area contributed by atoms with E-state index in [1.807, 2.05) is 36.2 Å². The van der Waals surface area contributed by atoms with Crippen molar-refractivity contribution in [3.05, 3.63) is 65.2 Å². The highest BCUT2D eigenvalue weighted by Crippen LogP contribution is 2.34. The number of hydrogen-bond acceptors (Lipinski definition) is 4. The normalized spacial score (nSPS) is 19.0. The van der Waals surface area contributed by atoms with Crippen molar-refractivity contribution in [1.29, 1.82) is 0 Å². The average molecular weight is 453 g/mol. The Bertz CT molecular complexity index is 951. The van der Waals surface area contributed by atoms with Crippen LogP contribution in [-0.2, 0) is 16.6 Å². The molecule has 1 heterocycles. The van der Waals surface area contributed by atoms with Crippen LogP contribution in [0.25, 0.3) is 0 Å². The maximum absolute atomic E-state index is 13.4. The third-order valence-electron chi connectivity index (χ3n) is 6.30. The third kappa shape index (κ3) is 5.66. The number of nitrogens with zero attached hydrogens (tertiary/aromatic N) is 2. The van der Waals surface area contributed by atoms with Crippen molar-refractivity contribution in [3.8, 4) is 5.75 Å². The highest BCUT2D eigenvalue weighted by Gasteiger charge is 2.44. The lowest BCUT2D eigenvalue weighted by Gasteiger charge is -2.30. The second-order valence-electron chi connectivity index (χ2n) is 9.52. The summed E-state index contributed by atoms with van der Waals surface area (Å²) >= 11 is 0. The van der Waals surface area contributed by atoms with E-state index in [-0.39, 0.29) is 30.1 Å². The Morgan fingerprint density at radius 1 is 1.06 bits per heavy atom. The molecule has 0 aliphatic carbocycles. The Hall–Kier alpha value is -3.06. The van der Waals surface area contributed by atoms with Crippen molar-refractivity contribution in [3.63, 3.8) is 0 Å². The van der Waals surface area contributed by atoms with Gasteiger partial charge in [-0.3, -0.25) is 9.69 Å². The first-order valence-electron chi connectivity index (χ1n) is 11.4.